The maximum absolute atomic E-state index is 14.3. The maximum Gasteiger partial charge on any atom is 0.256 e. The van der Waals surface area contributed by atoms with Crippen LogP contribution in [0.2, 0.25) is 0 Å². The Morgan fingerprint density at radius 3 is 2.28 bits per heavy atom. The van der Waals surface area contributed by atoms with Gasteiger partial charge in [0.05, 0.1) is 11.4 Å². The minimum atomic E-state index is -0.831. The number of anilines is 2. The van der Waals surface area contributed by atoms with Gasteiger partial charge in [0.2, 0.25) is 0 Å². The first-order chi connectivity index (χ1) is 15.2. The lowest BCUT2D eigenvalue weighted by molar-refractivity contribution is 0.0998. The predicted molar refractivity (Wildman–Crippen MR) is 131 cm³/mol. The fourth-order valence-corrected chi connectivity index (χ4v) is 2.56. The first kappa shape index (κ1) is 28.6. The Labute approximate surface area is 189 Å². The van der Waals surface area contributed by atoms with E-state index in [0.717, 1.165) is 11.6 Å². The summed E-state index contributed by atoms with van der Waals surface area (Å²) >= 11 is 0. The molecule has 2 rings (SSSR count). The third-order valence-corrected chi connectivity index (χ3v) is 4.20. The molecule has 0 atom stereocenters. The highest BCUT2D eigenvalue weighted by Gasteiger charge is 2.22. The summed E-state index contributed by atoms with van der Waals surface area (Å²) < 4.78 is 21.2. The fourth-order valence-electron chi connectivity index (χ4n) is 2.56. The molecule has 0 radical (unpaired) electrons. The highest BCUT2D eigenvalue weighted by Crippen LogP contribution is 2.29. The molecule has 0 spiro atoms. The molecule has 0 aliphatic carbocycles. The zero-order chi connectivity index (χ0) is 25.0. The molecule has 176 valence electrons. The van der Waals surface area contributed by atoms with Crippen LogP contribution in [0.4, 0.5) is 15.9 Å². The number of aryl methyl sites for hydroxylation is 1. The van der Waals surface area contributed by atoms with Crippen molar-refractivity contribution in [2.24, 2.45) is 17.8 Å². The average molecular weight is 447 g/mol. The molecule has 1 aromatic heterocycles. The molecule has 8 heteroatoms. The van der Waals surface area contributed by atoms with Gasteiger partial charge >= 0.3 is 0 Å². The van der Waals surface area contributed by atoms with E-state index < -0.39 is 17.3 Å². The van der Waals surface area contributed by atoms with E-state index in [0.29, 0.717) is 11.5 Å². The number of nitrogens with one attached hydrogen (secondary N) is 1. The van der Waals surface area contributed by atoms with Crippen molar-refractivity contribution in [1.29, 1.82) is 0 Å². The fraction of sp³-hybridized carbons (Fsp3) is 0.375. The molecule has 1 heterocycles. The predicted octanol–water partition coefficient (Wildman–Crippen LogP) is 5.10. The van der Waals surface area contributed by atoms with E-state index in [9.17, 15) is 14.0 Å². The molecule has 2 aromatic rings. The summed E-state index contributed by atoms with van der Waals surface area (Å²) in [5.74, 6) is -1.01. The number of hydrogen-bond donors (Lipinski definition) is 2. The number of aromatic nitrogens is 1. The van der Waals surface area contributed by atoms with Crippen molar-refractivity contribution in [2.45, 2.75) is 48.5 Å². The number of benzene rings is 1. The number of nitrogens with zero attached hydrogens (tertiary/aromatic N) is 2. The molecule has 1 aromatic carbocycles. The molecule has 1 amide bonds. The minimum Gasteiger partial charge on any atom is -0.455 e. The Hall–Kier alpha value is -3.42. The van der Waals surface area contributed by atoms with Crippen molar-refractivity contribution in [3.8, 4) is 5.75 Å². The molecule has 0 bridgehead atoms. The number of rotatable bonds is 6. The Bertz CT molecular complexity index is 1040. The minimum absolute atomic E-state index is 0.0271. The number of amides is 1. The van der Waals surface area contributed by atoms with Gasteiger partial charge in [-0.15, -0.1) is 0 Å². The van der Waals surface area contributed by atoms with Crippen LogP contribution in [-0.2, 0) is 7.05 Å². The number of aliphatic imine (C=N–C) groups is 1. The molecule has 0 saturated carbocycles. The summed E-state index contributed by atoms with van der Waals surface area (Å²) in [4.78, 5) is 28.6. The van der Waals surface area contributed by atoms with Crippen LogP contribution in [-0.4, -0.2) is 23.2 Å². The van der Waals surface area contributed by atoms with Crippen LogP contribution in [0.25, 0.3) is 0 Å². The van der Waals surface area contributed by atoms with E-state index in [-0.39, 0.29) is 22.8 Å². The highest BCUT2D eigenvalue weighted by molar-refractivity contribution is 6.02. The molecular weight excluding hydrogens is 411 g/mol. The van der Waals surface area contributed by atoms with Crippen LogP contribution < -0.4 is 21.3 Å². The average Bonchev–Trinajstić information content (AvgIpc) is 2.78. The molecular formula is C24H35FN4O3. The Kier molecular flexibility index (Phi) is 12.3. The number of pyridine rings is 1. The van der Waals surface area contributed by atoms with Crippen molar-refractivity contribution in [1.82, 2.24) is 4.57 Å². The molecule has 0 fully saturated rings. The van der Waals surface area contributed by atoms with Gasteiger partial charge in [-0.25, -0.2) is 4.39 Å². The van der Waals surface area contributed by atoms with Gasteiger partial charge in [0.25, 0.3) is 11.5 Å². The van der Waals surface area contributed by atoms with Crippen LogP contribution in [0.5, 0.6) is 5.75 Å². The molecule has 0 unspecified atom stereocenters. The van der Waals surface area contributed by atoms with E-state index in [1.807, 2.05) is 27.7 Å². The lowest BCUT2D eigenvalue weighted by atomic mass is 10.1. The first-order valence-corrected chi connectivity index (χ1v) is 10.5. The molecule has 0 aliphatic heterocycles. The third-order valence-electron chi connectivity index (χ3n) is 4.20. The van der Waals surface area contributed by atoms with Gasteiger partial charge in [-0.05, 0) is 44.5 Å². The highest BCUT2D eigenvalue weighted by atomic mass is 19.1. The van der Waals surface area contributed by atoms with Crippen molar-refractivity contribution in [2.75, 3.05) is 12.4 Å². The second-order valence-corrected chi connectivity index (χ2v) is 6.17. The van der Waals surface area contributed by atoms with Gasteiger partial charge in [-0.3, -0.25) is 19.1 Å². The second-order valence-electron chi connectivity index (χ2n) is 6.17. The Morgan fingerprint density at radius 2 is 1.81 bits per heavy atom. The molecule has 0 saturated heterocycles. The normalized spacial score (nSPS) is 10.9. The largest absolute Gasteiger partial charge is 0.455 e. The van der Waals surface area contributed by atoms with E-state index >= 15 is 0 Å². The number of allylic oxidation sites excluding steroid dienone is 2. The topological polar surface area (TPSA) is 98.7 Å². The number of ether oxygens (including phenoxy) is 1. The summed E-state index contributed by atoms with van der Waals surface area (Å²) in [6, 6.07) is 5.71. The summed E-state index contributed by atoms with van der Waals surface area (Å²) in [5, 5.41) is 2.79. The van der Waals surface area contributed by atoms with Crippen LogP contribution in [0, 0.1) is 12.7 Å². The van der Waals surface area contributed by atoms with Gasteiger partial charge < -0.3 is 15.8 Å². The number of hydrogen-bond acceptors (Lipinski definition) is 5. The summed E-state index contributed by atoms with van der Waals surface area (Å²) in [6.45, 7) is 13.2. The van der Waals surface area contributed by atoms with E-state index in [1.54, 1.807) is 40.0 Å². The monoisotopic (exact) mass is 446 g/mol. The van der Waals surface area contributed by atoms with Gasteiger partial charge in [0, 0.05) is 20.2 Å². The third kappa shape index (κ3) is 7.08. The smallest absolute Gasteiger partial charge is 0.256 e. The van der Waals surface area contributed by atoms with Crippen molar-refractivity contribution >= 4 is 23.1 Å². The standard InChI is InChI=1S/C20H23FN4O3.2C2H6/c1-6-15(12(3)23-4)28-16-10-17(26)25(5)20(18(16)19(22)27)24-14-8-7-11(2)9-13(14)21;2*1-2/h6-10,24H,1-5H3,(H2,22,27);2*1-2H3/b15-6+,23-12?;;. The number of carbonyl (C=O) groups excluding carboxylic acids is 1. The van der Waals surface area contributed by atoms with Crippen molar-refractivity contribution in [3.63, 3.8) is 0 Å². The van der Waals surface area contributed by atoms with Gasteiger partial charge in [-0.1, -0.05) is 33.8 Å². The first-order valence-electron chi connectivity index (χ1n) is 10.5. The van der Waals surface area contributed by atoms with E-state index in [1.165, 1.54) is 23.7 Å². The zero-order valence-corrected chi connectivity index (χ0v) is 20.5. The number of primary amides is 1. The van der Waals surface area contributed by atoms with Crippen molar-refractivity contribution < 1.29 is 13.9 Å². The summed E-state index contributed by atoms with van der Waals surface area (Å²) in [7, 11) is 3.04. The van der Waals surface area contributed by atoms with Crippen LogP contribution >= 0.6 is 0 Å². The van der Waals surface area contributed by atoms with Crippen LogP contribution in [0.15, 0.2) is 45.9 Å². The lowest BCUT2D eigenvalue weighted by Gasteiger charge is -2.19. The number of nitrogens with two attached hydrogens (primary N) is 1. The Morgan fingerprint density at radius 1 is 1.22 bits per heavy atom. The van der Waals surface area contributed by atoms with E-state index in [2.05, 4.69) is 10.3 Å². The SMILES string of the molecule is C/C=C(/Oc1cc(=O)n(C)c(Nc2ccc(C)cc2F)c1C(N)=O)C(C)=NC.CC.CC. The van der Waals surface area contributed by atoms with Crippen LogP contribution in [0.1, 0.15) is 57.5 Å². The second kappa shape index (κ2) is 13.8. The van der Waals surface area contributed by atoms with Gasteiger partial charge in [-0.2, -0.15) is 0 Å². The van der Waals surface area contributed by atoms with Gasteiger partial charge in [0.1, 0.15) is 28.7 Å². The molecule has 32 heavy (non-hydrogen) atoms. The molecule has 3 N–H and O–H groups in total. The molecule has 0 aliphatic rings. The summed E-state index contributed by atoms with van der Waals surface area (Å²) in [6.07, 6.45) is 1.65. The molecule has 7 nitrogen and oxygen atoms in total. The zero-order valence-electron chi connectivity index (χ0n) is 20.5. The quantitative estimate of drug-likeness (QED) is 0.476. The summed E-state index contributed by atoms with van der Waals surface area (Å²) in [5.41, 5.74) is 6.41. The van der Waals surface area contributed by atoms with Gasteiger partial charge in [0.15, 0.2) is 0 Å². The van der Waals surface area contributed by atoms with Crippen molar-refractivity contribution in [3.05, 3.63) is 63.4 Å². The van der Waals surface area contributed by atoms with Crippen LogP contribution in [0.3, 0.4) is 0 Å². The Balaban J connectivity index is 0.00000227. The lowest BCUT2D eigenvalue weighted by Crippen LogP contribution is -2.26. The van der Waals surface area contributed by atoms with E-state index in [4.69, 9.17) is 10.5 Å². The number of carbonyl (C=O) groups is 1. The maximum atomic E-state index is 14.3. The number of halogens is 1.